The molecule has 0 spiro atoms. The number of nitrogens with zero attached hydrogens (tertiary/aromatic N) is 3. The molecule has 0 N–H and O–H groups in total. The van der Waals surface area contributed by atoms with Crippen molar-refractivity contribution in [2.45, 2.75) is 13.8 Å². The highest BCUT2D eigenvalue weighted by Crippen LogP contribution is 2.14. The predicted octanol–water partition coefficient (Wildman–Crippen LogP) is 2.76. The van der Waals surface area contributed by atoms with E-state index in [0.29, 0.717) is 17.3 Å². The van der Waals surface area contributed by atoms with Crippen molar-refractivity contribution in [1.82, 2.24) is 14.8 Å². The number of hydrogen-bond acceptors (Lipinski definition) is 4. The monoisotopic (exact) mass is 325 g/mol. The van der Waals surface area contributed by atoms with Crippen LogP contribution in [0.1, 0.15) is 27.7 Å². The molecule has 1 aromatic carbocycles. The van der Waals surface area contributed by atoms with Gasteiger partial charge < -0.3 is 9.32 Å². The molecule has 0 aliphatic carbocycles. The minimum atomic E-state index is -0.0485. The van der Waals surface area contributed by atoms with Gasteiger partial charge in [-0.2, -0.15) is 0 Å². The summed E-state index contributed by atoms with van der Waals surface area (Å²) < 4.78 is 5.44. The van der Waals surface area contributed by atoms with Crippen molar-refractivity contribution in [1.29, 1.82) is 0 Å². The third-order valence-electron chi connectivity index (χ3n) is 4.23. The first-order chi connectivity index (χ1) is 11.6. The fraction of sp³-hybridized carbons (Fsp3) is 0.368. The summed E-state index contributed by atoms with van der Waals surface area (Å²) in [6, 6.07) is 10.3. The van der Waals surface area contributed by atoms with Crippen LogP contribution in [0.3, 0.4) is 0 Å². The minimum absolute atomic E-state index is 0.0485. The molecule has 5 nitrogen and oxygen atoms in total. The van der Waals surface area contributed by atoms with Crippen molar-refractivity contribution in [2.75, 3.05) is 32.7 Å². The van der Waals surface area contributed by atoms with E-state index in [0.717, 1.165) is 32.7 Å². The van der Waals surface area contributed by atoms with Crippen LogP contribution in [0, 0.1) is 13.8 Å². The molecule has 0 saturated carbocycles. The summed E-state index contributed by atoms with van der Waals surface area (Å²) in [7, 11) is 0. The van der Waals surface area contributed by atoms with Gasteiger partial charge in [-0.3, -0.25) is 9.69 Å². The Balaban J connectivity index is 1.50. The molecule has 1 fully saturated rings. The van der Waals surface area contributed by atoms with Crippen molar-refractivity contribution >= 4 is 12.0 Å². The standard InChI is InChI=1S/C19H23N3O2/c1-15-18(24-16(2)20-15)19(23)22-13-11-21(12-14-22)10-6-9-17-7-4-3-5-8-17/h3-9H,10-14H2,1-2H3/b9-6+. The molecule has 2 heterocycles. The van der Waals surface area contributed by atoms with E-state index in [9.17, 15) is 4.79 Å². The molecular formula is C19H23N3O2. The Kier molecular flexibility index (Phi) is 5.11. The highest BCUT2D eigenvalue weighted by molar-refractivity contribution is 5.92. The zero-order chi connectivity index (χ0) is 16.9. The van der Waals surface area contributed by atoms with Gasteiger partial charge in [0.2, 0.25) is 5.76 Å². The molecule has 5 heteroatoms. The highest BCUT2D eigenvalue weighted by Gasteiger charge is 2.25. The predicted molar refractivity (Wildman–Crippen MR) is 93.8 cm³/mol. The molecule has 1 aliphatic rings. The van der Waals surface area contributed by atoms with Crippen LogP contribution >= 0.6 is 0 Å². The van der Waals surface area contributed by atoms with E-state index in [1.54, 1.807) is 6.92 Å². The highest BCUT2D eigenvalue weighted by atomic mass is 16.4. The van der Waals surface area contributed by atoms with Crippen LogP contribution in [-0.2, 0) is 0 Å². The number of carbonyl (C=O) groups excluding carboxylic acids is 1. The maximum Gasteiger partial charge on any atom is 0.291 e. The summed E-state index contributed by atoms with van der Waals surface area (Å²) in [5.74, 6) is 0.873. The first-order valence-corrected chi connectivity index (χ1v) is 8.31. The van der Waals surface area contributed by atoms with Crippen LogP contribution in [0.5, 0.6) is 0 Å². The van der Waals surface area contributed by atoms with Gasteiger partial charge >= 0.3 is 0 Å². The lowest BCUT2D eigenvalue weighted by atomic mass is 10.2. The number of hydrogen-bond donors (Lipinski definition) is 0. The maximum absolute atomic E-state index is 12.5. The van der Waals surface area contributed by atoms with Gasteiger partial charge in [0.05, 0.1) is 5.69 Å². The number of aromatic nitrogens is 1. The van der Waals surface area contributed by atoms with Crippen molar-refractivity contribution in [3.63, 3.8) is 0 Å². The molecule has 1 saturated heterocycles. The molecule has 0 atom stereocenters. The third-order valence-corrected chi connectivity index (χ3v) is 4.23. The minimum Gasteiger partial charge on any atom is -0.436 e. The van der Waals surface area contributed by atoms with Crippen molar-refractivity contribution in [3.8, 4) is 0 Å². The number of carbonyl (C=O) groups is 1. The van der Waals surface area contributed by atoms with Crippen molar-refractivity contribution in [3.05, 3.63) is 59.3 Å². The Morgan fingerprint density at radius 2 is 1.88 bits per heavy atom. The van der Waals surface area contributed by atoms with Crippen LogP contribution in [0.4, 0.5) is 0 Å². The van der Waals surface area contributed by atoms with E-state index in [2.05, 4.69) is 34.2 Å². The van der Waals surface area contributed by atoms with Crippen molar-refractivity contribution in [2.24, 2.45) is 0 Å². The summed E-state index contributed by atoms with van der Waals surface area (Å²) in [5, 5.41) is 0. The average molecular weight is 325 g/mol. The first-order valence-electron chi connectivity index (χ1n) is 8.31. The second-order valence-electron chi connectivity index (χ2n) is 6.05. The Bertz CT molecular complexity index is 713. The molecule has 1 aliphatic heterocycles. The first kappa shape index (κ1) is 16.5. The van der Waals surface area contributed by atoms with E-state index < -0.39 is 0 Å². The molecule has 3 rings (SSSR count). The zero-order valence-corrected chi connectivity index (χ0v) is 14.2. The molecule has 0 radical (unpaired) electrons. The summed E-state index contributed by atoms with van der Waals surface area (Å²) >= 11 is 0. The van der Waals surface area contributed by atoms with Gasteiger partial charge in [0.25, 0.3) is 5.91 Å². The molecule has 1 amide bonds. The topological polar surface area (TPSA) is 49.6 Å². The lowest BCUT2D eigenvalue weighted by molar-refractivity contribution is 0.0617. The zero-order valence-electron chi connectivity index (χ0n) is 14.2. The Hall–Kier alpha value is -2.40. The van der Waals surface area contributed by atoms with Gasteiger partial charge in [-0.1, -0.05) is 42.5 Å². The summed E-state index contributed by atoms with van der Waals surface area (Å²) in [4.78, 5) is 20.9. The summed E-state index contributed by atoms with van der Waals surface area (Å²) in [6.45, 7) is 7.66. The van der Waals surface area contributed by atoms with Crippen LogP contribution < -0.4 is 0 Å². The largest absolute Gasteiger partial charge is 0.436 e. The molecule has 1 aromatic heterocycles. The van der Waals surface area contributed by atoms with Gasteiger partial charge in [0, 0.05) is 39.6 Å². The van der Waals surface area contributed by atoms with E-state index in [1.165, 1.54) is 5.56 Å². The van der Waals surface area contributed by atoms with Gasteiger partial charge in [-0.15, -0.1) is 0 Å². The Labute approximate surface area is 142 Å². The van der Waals surface area contributed by atoms with Gasteiger partial charge in [0.15, 0.2) is 5.89 Å². The quantitative estimate of drug-likeness (QED) is 0.867. The van der Waals surface area contributed by atoms with E-state index in [1.807, 2.05) is 30.0 Å². The van der Waals surface area contributed by atoms with E-state index in [4.69, 9.17) is 4.42 Å². The van der Waals surface area contributed by atoms with Crippen LogP contribution in [0.15, 0.2) is 40.8 Å². The number of rotatable bonds is 4. The Morgan fingerprint density at radius 3 is 2.50 bits per heavy atom. The fourth-order valence-electron chi connectivity index (χ4n) is 2.91. The third kappa shape index (κ3) is 3.92. The van der Waals surface area contributed by atoms with Crippen molar-refractivity contribution < 1.29 is 9.21 Å². The number of oxazole rings is 1. The van der Waals surface area contributed by atoms with Gasteiger partial charge in [-0.05, 0) is 12.5 Å². The molecule has 0 bridgehead atoms. The van der Waals surface area contributed by atoms with Gasteiger partial charge in [0.1, 0.15) is 0 Å². The number of benzene rings is 1. The molecule has 0 unspecified atom stereocenters. The normalized spacial score (nSPS) is 16.0. The van der Waals surface area contributed by atoms with E-state index >= 15 is 0 Å². The van der Waals surface area contributed by atoms with E-state index in [-0.39, 0.29) is 5.91 Å². The molecule has 126 valence electrons. The SMILES string of the molecule is Cc1nc(C)c(C(=O)N2CCN(C/C=C/c3ccccc3)CC2)o1. The number of piperazine rings is 1. The van der Waals surface area contributed by atoms with Crippen LogP contribution in [0.25, 0.3) is 6.08 Å². The maximum atomic E-state index is 12.5. The van der Waals surface area contributed by atoms with Crippen LogP contribution in [-0.4, -0.2) is 53.4 Å². The molecular weight excluding hydrogens is 302 g/mol. The number of aryl methyl sites for hydroxylation is 2. The Morgan fingerprint density at radius 1 is 1.17 bits per heavy atom. The van der Waals surface area contributed by atoms with Crippen LogP contribution in [0.2, 0.25) is 0 Å². The second kappa shape index (κ2) is 7.45. The summed E-state index contributed by atoms with van der Waals surface area (Å²) in [5.41, 5.74) is 1.88. The smallest absolute Gasteiger partial charge is 0.291 e. The second-order valence-corrected chi connectivity index (χ2v) is 6.05. The van der Waals surface area contributed by atoms with Gasteiger partial charge in [-0.25, -0.2) is 4.98 Å². The average Bonchev–Trinajstić information content (AvgIpc) is 2.94. The number of amides is 1. The fourth-order valence-corrected chi connectivity index (χ4v) is 2.91. The lowest BCUT2D eigenvalue weighted by Gasteiger charge is -2.33. The lowest BCUT2D eigenvalue weighted by Crippen LogP contribution is -2.48. The molecule has 24 heavy (non-hydrogen) atoms. The summed E-state index contributed by atoms with van der Waals surface area (Å²) in [6.07, 6.45) is 4.31. The molecule has 2 aromatic rings.